The second-order valence-electron chi connectivity index (χ2n) is 7.26. The number of aliphatic imine (C=N–C) groups is 1. The highest BCUT2D eigenvalue weighted by Gasteiger charge is 2.36. The largest absolute Gasteiger partial charge is 0.411 e. The molecule has 28 heavy (non-hydrogen) atoms. The Labute approximate surface area is 167 Å². The van der Waals surface area contributed by atoms with Crippen LogP contribution in [-0.2, 0) is 0 Å². The van der Waals surface area contributed by atoms with E-state index in [1.54, 1.807) is 13.0 Å². The fourth-order valence-electron chi connectivity index (χ4n) is 2.50. The summed E-state index contributed by atoms with van der Waals surface area (Å²) in [5.74, 6) is -1.98. The summed E-state index contributed by atoms with van der Waals surface area (Å²) in [5, 5.41) is 19.2. The van der Waals surface area contributed by atoms with Gasteiger partial charge in [0.2, 0.25) is 0 Å². The molecule has 0 atom stereocenters. The molecule has 0 unspecified atom stereocenters. The number of rotatable bonds is 7. The molecule has 5 nitrogen and oxygen atoms in total. The molecule has 1 aliphatic rings. The van der Waals surface area contributed by atoms with Crippen molar-refractivity contribution in [1.29, 1.82) is 5.41 Å². The van der Waals surface area contributed by atoms with Crippen molar-refractivity contribution < 1.29 is 14.0 Å². The maximum atomic E-state index is 14.3. The van der Waals surface area contributed by atoms with Crippen LogP contribution in [0.25, 0.3) is 5.57 Å². The van der Waals surface area contributed by atoms with Gasteiger partial charge in [-0.2, -0.15) is 0 Å². The number of hydrogen-bond donors (Lipinski definition) is 3. The molecule has 1 saturated carbocycles. The highest BCUT2D eigenvalue weighted by atomic mass is 35.5. The summed E-state index contributed by atoms with van der Waals surface area (Å²) in [7, 11) is 0. The lowest BCUT2D eigenvalue weighted by Gasteiger charge is -2.09. The minimum Gasteiger partial charge on any atom is -0.411 e. The number of oxime groups is 1. The molecule has 0 spiro atoms. The third kappa shape index (κ3) is 5.25. The van der Waals surface area contributed by atoms with E-state index < -0.39 is 16.7 Å². The first-order valence-corrected chi connectivity index (χ1v) is 9.07. The SMILES string of the molecule is CC(=N/O)/C(=C\C(/C=C(\C)c1ccc(F)c(Cl)c1F)=NCC1(C)CC1)C(=N)N. The Kier molecular flexibility index (Phi) is 6.72. The molecule has 1 aromatic rings. The summed E-state index contributed by atoms with van der Waals surface area (Å²) in [6.45, 7) is 5.81. The molecule has 0 bridgehead atoms. The average molecular weight is 409 g/mol. The zero-order valence-corrected chi connectivity index (χ0v) is 16.7. The van der Waals surface area contributed by atoms with Crippen LogP contribution in [-0.4, -0.2) is 29.0 Å². The number of allylic oxidation sites excluding steroid dienone is 3. The Morgan fingerprint density at radius 3 is 2.50 bits per heavy atom. The van der Waals surface area contributed by atoms with Gasteiger partial charge in [-0.05, 0) is 62.0 Å². The molecule has 1 fully saturated rings. The molecule has 0 amide bonds. The Bertz CT molecular complexity index is 915. The van der Waals surface area contributed by atoms with Crippen molar-refractivity contribution >= 4 is 34.4 Å². The minimum atomic E-state index is -0.854. The Morgan fingerprint density at radius 2 is 1.96 bits per heavy atom. The van der Waals surface area contributed by atoms with E-state index in [-0.39, 0.29) is 28.1 Å². The summed E-state index contributed by atoms with van der Waals surface area (Å²) in [6, 6.07) is 2.40. The average Bonchev–Trinajstić information content (AvgIpc) is 3.38. The molecular weight excluding hydrogens is 386 g/mol. The van der Waals surface area contributed by atoms with Crippen molar-refractivity contribution in [2.45, 2.75) is 33.6 Å². The van der Waals surface area contributed by atoms with Crippen molar-refractivity contribution in [3.05, 3.63) is 52.1 Å². The van der Waals surface area contributed by atoms with Gasteiger partial charge in [0, 0.05) is 17.7 Å². The van der Waals surface area contributed by atoms with Crippen LogP contribution in [0, 0.1) is 22.5 Å². The van der Waals surface area contributed by atoms with Crippen molar-refractivity contribution in [2.75, 3.05) is 6.54 Å². The third-order valence-corrected chi connectivity index (χ3v) is 5.04. The number of hydrogen-bond acceptors (Lipinski definition) is 4. The van der Waals surface area contributed by atoms with Gasteiger partial charge in [-0.3, -0.25) is 10.4 Å². The van der Waals surface area contributed by atoms with Gasteiger partial charge in [-0.1, -0.05) is 23.7 Å². The first-order chi connectivity index (χ1) is 13.1. The van der Waals surface area contributed by atoms with Gasteiger partial charge < -0.3 is 10.9 Å². The zero-order chi connectivity index (χ0) is 21.1. The lowest BCUT2D eigenvalue weighted by Crippen LogP contribution is -2.19. The molecule has 0 saturated heterocycles. The predicted molar refractivity (Wildman–Crippen MR) is 110 cm³/mol. The maximum Gasteiger partial charge on any atom is 0.152 e. The summed E-state index contributed by atoms with van der Waals surface area (Å²) in [4.78, 5) is 4.58. The molecule has 1 aliphatic carbocycles. The molecular formula is C20H23ClF2N4O. The van der Waals surface area contributed by atoms with E-state index in [9.17, 15) is 8.78 Å². The van der Waals surface area contributed by atoms with Crippen LogP contribution in [0.3, 0.4) is 0 Å². The first-order valence-electron chi connectivity index (χ1n) is 8.70. The van der Waals surface area contributed by atoms with E-state index in [4.69, 9.17) is 28.0 Å². The summed E-state index contributed by atoms with van der Waals surface area (Å²) in [6.07, 6.45) is 5.24. The van der Waals surface area contributed by atoms with Gasteiger partial charge in [-0.15, -0.1) is 0 Å². The molecule has 1 aromatic carbocycles. The molecule has 0 aromatic heterocycles. The van der Waals surface area contributed by atoms with Gasteiger partial charge in [0.1, 0.15) is 16.7 Å². The molecule has 150 valence electrons. The monoisotopic (exact) mass is 408 g/mol. The van der Waals surface area contributed by atoms with Gasteiger partial charge in [0.15, 0.2) is 5.82 Å². The van der Waals surface area contributed by atoms with Gasteiger partial charge >= 0.3 is 0 Å². The van der Waals surface area contributed by atoms with Crippen molar-refractivity contribution in [3.63, 3.8) is 0 Å². The lowest BCUT2D eigenvalue weighted by atomic mass is 10.0. The van der Waals surface area contributed by atoms with Crippen LogP contribution in [0.15, 0.2) is 40.0 Å². The van der Waals surface area contributed by atoms with Crippen molar-refractivity contribution in [2.24, 2.45) is 21.3 Å². The number of amidine groups is 1. The fraction of sp³-hybridized carbons (Fsp3) is 0.350. The lowest BCUT2D eigenvalue weighted by molar-refractivity contribution is 0.319. The summed E-state index contributed by atoms with van der Waals surface area (Å²) < 4.78 is 27.8. The van der Waals surface area contributed by atoms with E-state index in [0.29, 0.717) is 17.8 Å². The Morgan fingerprint density at radius 1 is 1.32 bits per heavy atom. The smallest absolute Gasteiger partial charge is 0.152 e. The van der Waals surface area contributed by atoms with Crippen LogP contribution >= 0.6 is 11.6 Å². The van der Waals surface area contributed by atoms with Crippen LogP contribution < -0.4 is 5.73 Å². The normalized spacial score (nSPS) is 17.6. The predicted octanol–water partition coefficient (Wildman–Crippen LogP) is 4.98. The topological polar surface area (TPSA) is 94.8 Å². The van der Waals surface area contributed by atoms with E-state index >= 15 is 0 Å². The number of nitrogens with two attached hydrogens (primary N) is 1. The summed E-state index contributed by atoms with van der Waals surface area (Å²) in [5.41, 5.74) is 7.10. The zero-order valence-electron chi connectivity index (χ0n) is 16.0. The van der Waals surface area contributed by atoms with Crippen LogP contribution in [0.2, 0.25) is 5.02 Å². The van der Waals surface area contributed by atoms with Crippen LogP contribution in [0.1, 0.15) is 39.2 Å². The Hall–Kier alpha value is -2.54. The van der Waals surface area contributed by atoms with Crippen LogP contribution in [0.5, 0.6) is 0 Å². The van der Waals surface area contributed by atoms with E-state index in [0.717, 1.165) is 18.9 Å². The second-order valence-corrected chi connectivity index (χ2v) is 7.64. The maximum absolute atomic E-state index is 14.3. The van der Waals surface area contributed by atoms with Gasteiger partial charge in [-0.25, -0.2) is 8.78 Å². The minimum absolute atomic E-state index is 0.127. The summed E-state index contributed by atoms with van der Waals surface area (Å²) >= 11 is 5.67. The first kappa shape index (κ1) is 21.8. The third-order valence-electron chi connectivity index (χ3n) is 4.69. The van der Waals surface area contributed by atoms with Gasteiger partial charge in [0.25, 0.3) is 0 Å². The highest BCUT2D eigenvalue weighted by Crippen LogP contribution is 2.45. The van der Waals surface area contributed by atoms with Crippen LogP contribution in [0.4, 0.5) is 8.78 Å². The Balaban J connectivity index is 2.51. The quantitative estimate of drug-likeness (QED) is 0.195. The molecule has 0 aliphatic heterocycles. The highest BCUT2D eigenvalue weighted by molar-refractivity contribution is 6.31. The molecule has 0 radical (unpaired) electrons. The number of benzene rings is 1. The second kappa shape index (κ2) is 8.65. The molecule has 8 heteroatoms. The van der Waals surface area contributed by atoms with Crippen molar-refractivity contribution in [3.8, 4) is 0 Å². The van der Waals surface area contributed by atoms with Gasteiger partial charge in [0.05, 0.1) is 11.4 Å². The van der Waals surface area contributed by atoms with E-state index in [1.165, 1.54) is 19.1 Å². The molecule has 0 heterocycles. The molecule has 2 rings (SSSR count). The molecule has 4 N–H and O–H groups in total. The number of nitrogens with zero attached hydrogens (tertiary/aromatic N) is 2. The van der Waals surface area contributed by atoms with E-state index in [2.05, 4.69) is 17.1 Å². The fourth-order valence-corrected chi connectivity index (χ4v) is 2.66. The number of halogens is 3. The number of nitrogens with one attached hydrogen (secondary N) is 1. The van der Waals surface area contributed by atoms with Crippen molar-refractivity contribution in [1.82, 2.24) is 0 Å². The van der Waals surface area contributed by atoms with E-state index in [1.807, 2.05) is 0 Å². The standard InChI is InChI=1S/C20H23ClF2N4O/c1-11(14-4-5-16(22)17(21)18(14)23)8-13(26-10-20(3)6-7-20)9-15(19(24)25)12(2)27-28/h4-5,8-9,28H,6-7,10H2,1-3H3,(H3,24,25)/b11-8+,15-9+,26-13?,27-12-.